The summed E-state index contributed by atoms with van der Waals surface area (Å²) < 4.78 is 12.9. The molecule has 0 spiro atoms. The molecule has 1 amide bonds. The van der Waals surface area contributed by atoms with Crippen LogP contribution in [0.5, 0.6) is 0 Å². The third kappa shape index (κ3) is 4.86. The first kappa shape index (κ1) is 17.5. The number of carbonyl (C=O) groups is 1. The van der Waals surface area contributed by atoms with Crippen molar-refractivity contribution >= 4 is 17.4 Å². The van der Waals surface area contributed by atoms with Crippen molar-refractivity contribution in [3.63, 3.8) is 0 Å². The van der Waals surface area contributed by atoms with Crippen LogP contribution >= 0.6 is 0 Å². The molecule has 1 heterocycles. The van der Waals surface area contributed by atoms with Crippen LogP contribution in [0.1, 0.15) is 21.6 Å². The number of hydrogen-bond acceptors (Lipinski definition) is 4. The van der Waals surface area contributed by atoms with Gasteiger partial charge in [-0.25, -0.2) is 14.4 Å². The maximum absolute atomic E-state index is 12.9. The summed E-state index contributed by atoms with van der Waals surface area (Å²) in [6, 6.07) is 15.7. The zero-order valence-electron chi connectivity index (χ0n) is 14.4. The Labute approximate surface area is 151 Å². The van der Waals surface area contributed by atoms with Crippen molar-refractivity contribution in [1.82, 2.24) is 15.3 Å². The highest BCUT2D eigenvalue weighted by atomic mass is 19.1. The van der Waals surface area contributed by atoms with E-state index in [1.165, 1.54) is 18.5 Å². The monoisotopic (exact) mass is 350 g/mol. The Bertz CT molecular complexity index is 896. The molecule has 132 valence electrons. The molecule has 0 bridgehead atoms. The van der Waals surface area contributed by atoms with E-state index in [1.807, 2.05) is 31.2 Å². The first-order valence-corrected chi connectivity index (χ1v) is 8.28. The summed E-state index contributed by atoms with van der Waals surface area (Å²) in [5.41, 5.74) is 3.26. The van der Waals surface area contributed by atoms with Gasteiger partial charge in [-0.2, -0.15) is 0 Å². The molecule has 0 aliphatic rings. The van der Waals surface area contributed by atoms with Gasteiger partial charge >= 0.3 is 0 Å². The minimum absolute atomic E-state index is 0.271. The third-order valence-corrected chi connectivity index (χ3v) is 3.80. The highest BCUT2D eigenvalue weighted by molar-refractivity contribution is 5.92. The number of nitrogens with one attached hydrogen (secondary N) is 2. The largest absolute Gasteiger partial charge is 0.350 e. The second-order valence-corrected chi connectivity index (χ2v) is 5.92. The SMILES string of the molecule is Cc1cccc(Nc2cc(C(=O)NCCc3ccc(F)cc3)ncn2)c1. The van der Waals surface area contributed by atoms with Gasteiger partial charge in [0, 0.05) is 18.3 Å². The smallest absolute Gasteiger partial charge is 0.270 e. The summed E-state index contributed by atoms with van der Waals surface area (Å²) in [5, 5.41) is 5.97. The number of benzene rings is 2. The summed E-state index contributed by atoms with van der Waals surface area (Å²) in [4.78, 5) is 20.4. The highest BCUT2D eigenvalue weighted by Gasteiger charge is 2.08. The number of nitrogens with zero attached hydrogens (tertiary/aromatic N) is 2. The van der Waals surface area contributed by atoms with Gasteiger partial charge in [-0.1, -0.05) is 24.3 Å². The van der Waals surface area contributed by atoms with E-state index in [2.05, 4.69) is 20.6 Å². The Morgan fingerprint density at radius 3 is 2.65 bits per heavy atom. The van der Waals surface area contributed by atoms with E-state index in [9.17, 15) is 9.18 Å². The Morgan fingerprint density at radius 2 is 1.88 bits per heavy atom. The molecule has 5 nitrogen and oxygen atoms in total. The molecule has 2 aromatic carbocycles. The van der Waals surface area contributed by atoms with E-state index >= 15 is 0 Å². The van der Waals surface area contributed by atoms with Crippen LogP contribution in [-0.4, -0.2) is 22.4 Å². The van der Waals surface area contributed by atoms with Crippen LogP contribution in [-0.2, 0) is 6.42 Å². The van der Waals surface area contributed by atoms with Crippen LogP contribution in [0, 0.1) is 12.7 Å². The lowest BCUT2D eigenvalue weighted by Gasteiger charge is -2.08. The molecule has 0 aliphatic carbocycles. The number of aromatic nitrogens is 2. The van der Waals surface area contributed by atoms with Crippen molar-refractivity contribution in [2.24, 2.45) is 0 Å². The lowest BCUT2D eigenvalue weighted by atomic mass is 10.1. The Morgan fingerprint density at radius 1 is 1.08 bits per heavy atom. The van der Waals surface area contributed by atoms with Crippen molar-refractivity contribution < 1.29 is 9.18 Å². The predicted molar refractivity (Wildman–Crippen MR) is 98.9 cm³/mol. The van der Waals surface area contributed by atoms with Gasteiger partial charge in [0.05, 0.1) is 0 Å². The number of hydrogen-bond donors (Lipinski definition) is 2. The molecule has 0 saturated heterocycles. The summed E-state index contributed by atoms with van der Waals surface area (Å²) in [6.07, 6.45) is 1.97. The van der Waals surface area contributed by atoms with Gasteiger partial charge in [-0.05, 0) is 48.7 Å². The number of carbonyl (C=O) groups excluding carboxylic acids is 1. The standard InChI is InChI=1S/C20H19FN4O/c1-14-3-2-4-17(11-14)25-19-12-18(23-13-24-19)20(26)22-10-9-15-5-7-16(21)8-6-15/h2-8,11-13H,9-10H2,1H3,(H,22,26)(H,23,24,25). The molecular weight excluding hydrogens is 331 g/mol. The lowest BCUT2D eigenvalue weighted by Crippen LogP contribution is -2.26. The fourth-order valence-electron chi connectivity index (χ4n) is 2.48. The summed E-state index contributed by atoms with van der Waals surface area (Å²) in [7, 11) is 0. The van der Waals surface area contributed by atoms with Crippen molar-refractivity contribution in [1.29, 1.82) is 0 Å². The van der Waals surface area contributed by atoms with E-state index in [4.69, 9.17) is 0 Å². The van der Waals surface area contributed by atoms with Crippen molar-refractivity contribution in [3.05, 3.63) is 83.6 Å². The Balaban J connectivity index is 1.58. The molecule has 0 aliphatic heterocycles. The first-order valence-electron chi connectivity index (χ1n) is 8.28. The van der Waals surface area contributed by atoms with Crippen molar-refractivity contribution in [3.8, 4) is 0 Å². The topological polar surface area (TPSA) is 66.9 Å². The van der Waals surface area contributed by atoms with Crippen molar-refractivity contribution in [2.45, 2.75) is 13.3 Å². The minimum atomic E-state index is -0.276. The second kappa shape index (κ2) is 8.20. The highest BCUT2D eigenvalue weighted by Crippen LogP contribution is 2.15. The van der Waals surface area contributed by atoms with Gasteiger partial charge < -0.3 is 10.6 Å². The fraction of sp³-hybridized carbons (Fsp3) is 0.150. The van der Waals surface area contributed by atoms with Gasteiger partial charge in [-0.15, -0.1) is 0 Å². The van der Waals surface area contributed by atoms with Crippen LogP contribution in [0.2, 0.25) is 0 Å². The van der Waals surface area contributed by atoms with E-state index in [0.29, 0.717) is 18.8 Å². The van der Waals surface area contributed by atoms with Gasteiger partial charge in [0.2, 0.25) is 0 Å². The van der Waals surface area contributed by atoms with Crippen LogP contribution in [0.25, 0.3) is 0 Å². The maximum Gasteiger partial charge on any atom is 0.270 e. The molecule has 0 radical (unpaired) electrons. The van der Waals surface area contributed by atoms with Crippen molar-refractivity contribution in [2.75, 3.05) is 11.9 Å². The molecule has 3 aromatic rings. The van der Waals surface area contributed by atoms with Gasteiger partial charge in [0.15, 0.2) is 0 Å². The van der Waals surface area contributed by atoms with Crippen LogP contribution in [0.3, 0.4) is 0 Å². The molecule has 3 rings (SSSR count). The molecule has 0 fully saturated rings. The number of aryl methyl sites for hydroxylation is 1. The number of anilines is 2. The molecular formula is C20H19FN4O. The maximum atomic E-state index is 12.9. The lowest BCUT2D eigenvalue weighted by molar-refractivity contribution is 0.0949. The van der Waals surface area contributed by atoms with E-state index in [-0.39, 0.29) is 17.4 Å². The average Bonchev–Trinajstić information content (AvgIpc) is 2.63. The number of amides is 1. The molecule has 26 heavy (non-hydrogen) atoms. The van der Waals surface area contributed by atoms with Gasteiger partial charge in [0.1, 0.15) is 23.7 Å². The normalized spacial score (nSPS) is 10.4. The molecule has 0 saturated carbocycles. The Hall–Kier alpha value is -3.28. The van der Waals surface area contributed by atoms with Gasteiger partial charge in [-0.3, -0.25) is 4.79 Å². The average molecular weight is 350 g/mol. The minimum Gasteiger partial charge on any atom is -0.350 e. The molecule has 1 aromatic heterocycles. The number of rotatable bonds is 6. The summed E-state index contributed by atoms with van der Waals surface area (Å²) in [5.74, 6) is 0.00324. The van der Waals surface area contributed by atoms with Crippen LogP contribution in [0.4, 0.5) is 15.9 Å². The van der Waals surface area contributed by atoms with E-state index in [0.717, 1.165) is 16.8 Å². The second-order valence-electron chi connectivity index (χ2n) is 5.92. The molecule has 6 heteroatoms. The summed E-state index contributed by atoms with van der Waals surface area (Å²) in [6.45, 7) is 2.44. The zero-order valence-corrected chi connectivity index (χ0v) is 14.4. The third-order valence-electron chi connectivity index (χ3n) is 3.80. The molecule has 2 N–H and O–H groups in total. The van der Waals surface area contributed by atoms with Gasteiger partial charge in [0.25, 0.3) is 5.91 Å². The first-order chi connectivity index (χ1) is 12.6. The van der Waals surface area contributed by atoms with Crippen LogP contribution < -0.4 is 10.6 Å². The molecule has 0 unspecified atom stereocenters. The predicted octanol–water partition coefficient (Wildman–Crippen LogP) is 3.64. The van der Waals surface area contributed by atoms with E-state index < -0.39 is 0 Å². The fourth-order valence-corrected chi connectivity index (χ4v) is 2.48. The molecule has 0 atom stereocenters. The quantitative estimate of drug-likeness (QED) is 0.712. The zero-order chi connectivity index (χ0) is 18.4. The Kier molecular flexibility index (Phi) is 5.53. The van der Waals surface area contributed by atoms with E-state index in [1.54, 1.807) is 18.2 Å². The number of halogens is 1. The van der Waals surface area contributed by atoms with Crippen LogP contribution in [0.15, 0.2) is 60.9 Å². The summed E-state index contributed by atoms with van der Waals surface area (Å²) >= 11 is 0.